The molecule has 2 heterocycles. The van der Waals surface area contributed by atoms with Crippen LogP contribution < -0.4 is 0 Å². The molecule has 1 saturated carbocycles. The summed E-state index contributed by atoms with van der Waals surface area (Å²) >= 11 is 0. The molecular weight excluding hydrogens is 408 g/mol. The fraction of sp³-hybridized carbons (Fsp3) is 0.692. The molecule has 2 fully saturated rings. The number of epoxide rings is 1. The summed E-state index contributed by atoms with van der Waals surface area (Å²) in [6.45, 7) is 8.06. The molecule has 6 atom stereocenters. The van der Waals surface area contributed by atoms with Gasteiger partial charge in [0.15, 0.2) is 0 Å². The molecule has 0 amide bonds. The second-order valence-electron chi connectivity index (χ2n) is 10.2. The van der Waals surface area contributed by atoms with Crippen molar-refractivity contribution in [3.63, 3.8) is 0 Å². The predicted octanol–water partition coefficient (Wildman–Crippen LogP) is 4.39. The second-order valence-corrected chi connectivity index (χ2v) is 10.2. The molecule has 6 heteroatoms. The van der Waals surface area contributed by atoms with Crippen molar-refractivity contribution in [3.05, 3.63) is 29.0 Å². The molecule has 0 radical (unpaired) electrons. The summed E-state index contributed by atoms with van der Waals surface area (Å²) in [5.41, 5.74) is 2.01. The van der Waals surface area contributed by atoms with Gasteiger partial charge in [0.1, 0.15) is 16.9 Å². The fourth-order valence-corrected chi connectivity index (χ4v) is 6.08. The van der Waals surface area contributed by atoms with Crippen LogP contribution in [0.5, 0.6) is 5.75 Å². The highest BCUT2D eigenvalue weighted by molar-refractivity contribution is 5.87. The van der Waals surface area contributed by atoms with E-state index in [0.29, 0.717) is 36.3 Å². The van der Waals surface area contributed by atoms with E-state index in [2.05, 4.69) is 20.8 Å². The maximum atomic E-state index is 11.0. The molecule has 1 aromatic heterocycles. The number of hydrogen-bond donors (Lipinski definition) is 4. The topological polar surface area (TPSA) is 107 Å². The van der Waals surface area contributed by atoms with Gasteiger partial charge in [-0.05, 0) is 61.5 Å². The maximum absolute atomic E-state index is 11.0. The molecule has 4 N–H and O–H groups in total. The average Bonchev–Trinajstić information content (AvgIpc) is 3.36. The first-order valence-electron chi connectivity index (χ1n) is 12.2. The summed E-state index contributed by atoms with van der Waals surface area (Å²) in [7, 11) is 0. The Labute approximate surface area is 190 Å². The molecule has 178 valence electrons. The summed E-state index contributed by atoms with van der Waals surface area (Å²) in [4.78, 5) is 0. The molecule has 1 aliphatic heterocycles. The summed E-state index contributed by atoms with van der Waals surface area (Å²) in [5, 5.41) is 43.5. The van der Waals surface area contributed by atoms with Gasteiger partial charge in [0.25, 0.3) is 0 Å². The molecule has 32 heavy (non-hydrogen) atoms. The minimum absolute atomic E-state index is 0.0680. The normalized spacial score (nSPS) is 31.0. The Morgan fingerprint density at radius 1 is 1.16 bits per heavy atom. The first kappa shape index (κ1) is 23.6. The Bertz CT molecular complexity index is 935. The van der Waals surface area contributed by atoms with Crippen LogP contribution in [-0.2, 0) is 17.8 Å². The SMILES string of the molecule is CCCC(c1coc2c(CO)c(O)c(CC(C)C)cc12)[C@H]1CC(O)C2(OC2CC)[C@H](O)C1. The van der Waals surface area contributed by atoms with E-state index in [9.17, 15) is 20.4 Å². The van der Waals surface area contributed by atoms with E-state index in [4.69, 9.17) is 9.15 Å². The van der Waals surface area contributed by atoms with E-state index in [1.807, 2.05) is 13.0 Å². The lowest BCUT2D eigenvalue weighted by atomic mass is 9.68. The quantitative estimate of drug-likeness (QED) is 0.448. The molecule has 1 spiro atoms. The molecule has 0 bridgehead atoms. The van der Waals surface area contributed by atoms with Gasteiger partial charge >= 0.3 is 0 Å². The lowest BCUT2D eigenvalue weighted by molar-refractivity contribution is -0.0689. The summed E-state index contributed by atoms with van der Waals surface area (Å²) in [5.74, 6) is 0.665. The third kappa shape index (κ3) is 3.75. The van der Waals surface area contributed by atoms with Crippen molar-refractivity contribution in [3.8, 4) is 5.75 Å². The summed E-state index contributed by atoms with van der Waals surface area (Å²) in [6.07, 6.45) is 4.81. The van der Waals surface area contributed by atoms with Gasteiger partial charge in [-0.25, -0.2) is 0 Å². The molecule has 4 rings (SSSR count). The van der Waals surface area contributed by atoms with E-state index < -0.39 is 17.8 Å². The Hall–Kier alpha value is -1.60. The number of aromatic hydroxyl groups is 1. The van der Waals surface area contributed by atoms with Crippen LogP contribution >= 0.6 is 0 Å². The van der Waals surface area contributed by atoms with Gasteiger partial charge in [0.05, 0.1) is 36.7 Å². The zero-order valence-corrected chi connectivity index (χ0v) is 19.7. The van der Waals surface area contributed by atoms with Crippen LogP contribution in [0.25, 0.3) is 11.0 Å². The largest absolute Gasteiger partial charge is 0.507 e. The number of aliphatic hydroxyl groups is 3. The average molecular weight is 447 g/mol. The van der Waals surface area contributed by atoms with E-state index in [-0.39, 0.29) is 30.3 Å². The van der Waals surface area contributed by atoms with E-state index >= 15 is 0 Å². The number of hydrogen-bond acceptors (Lipinski definition) is 6. The summed E-state index contributed by atoms with van der Waals surface area (Å²) < 4.78 is 11.7. The minimum atomic E-state index is -0.791. The monoisotopic (exact) mass is 446 g/mol. The molecule has 6 nitrogen and oxygen atoms in total. The molecular formula is C26H38O6. The van der Waals surface area contributed by atoms with Gasteiger partial charge in [-0.3, -0.25) is 0 Å². The highest BCUT2D eigenvalue weighted by atomic mass is 16.6. The van der Waals surface area contributed by atoms with Crippen molar-refractivity contribution in [1.82, 2.24) is 0 Å². The first-order chi connectivity index (χ1) is 15.3. The second kappa shape index (κ2) is 8.98. The number of fused-ring (bicyclic) bond motifs is 1. The van der Waals surface area contributed by atoms with E-state index in [0.717, 1.165) is 35.8 Å². The number of phenols is 1. The van der Waals surface area contributed by atoms with Crippen LogP contribution in [-0.4, -0.2) is 44.3 Å². The summed E-state index contributed by atoms with van der Waals surface area (Å²) in [6, 6.07) is 2.00. The first-order valence-corrected chi connectivity index (χ1v) is 12.2. The molecule has 1 aromatic carbocycles. The Morgan fingerprint density at radius 3 is 2.38 bits per heavy atom. The van der Waals surface area contributed by atoms with Crippen molar-refractivity contribution < 1.29 is 29.6 Å². The lowest BCUT2D eigenvalue weighted by Crippen LogP contribution is -2.50. The van der Waals surface area contributed by atoms with Gasteiger partial charge in [-0.15, -0.1) is 0 Å². The van der Waals surface area contributed by atoms with Crippen LogP contribution in [0, 0.1) is 11.8 Å². The van der Waals surface area contributed by atoms with Gasteiger partial charge in [0.2, 0.25) is 0 Å². The zero-order chi connectivity index (χ0) is 23.2. The van der Waals surface area contributed by atoms with Gasteiger partial charge < -0.3 is 29.6 Å². The standard InChI is InChI=1S/C26H38O6/c1-5-7-17(15-10-21(28)26(22(29)11-15)23(6-2)32-26)20-13-31-25-18(20)9-16(8-14(3)4)24(30)19(25)12-27/h9,13-15,17,21-23,27-30H,5-8,10-12H2,1-4H3/t15-,17?,21-,22?,23?,26?/m1/s1. The van der Waals surface area contributed by atoms with Crippen molar-refractivity contribution in [2.45, 2.75) is 103 Å². The third-order valence-electron chi connectivity index (χ3n) is 7.65. The number of furan rings is 1. The zero-order valence-electron chi connectivity index (χ0n) is 19.7. The number of aliphatic hydroxyl groups excluding tert-OH is 3. The van der Waals surface area contributed by atoms with Crippen LogP contribution in [0.15, 0.2) is 16.7 Å². The highest BCUT2D eigenvalue weighted by Crippen LogP contribution is 2.54. The molecule has 2 aromatic rings. The fourth-order valence-electron chi connectivity index (χ4n) is 6.08. The van der Waals surface area contributed by atoms with E-state index in [1.54, 1.807) is 6.26 Å². The van der Waals surface area contributed by atoms with Crippen molar-refractivity contribution in [2.75, 3.05) is 0 Å². The van der Waals surface area contributed by atoms with Crippen LogP contribution in [0.3, 0.4) is 0 Å². The van der Waals surface area contributed by atoms with Gasteiger partial charge in [0, 0.05) is 10.9 Å². The minimum Gasteiger partial charge on any atom is -0.507 e. The molecule has 1 aliphatic carbocycles. The molecule has 1 saturated heterocycles. The molecule has 4 unspecified atom stereocenters. The van der Waals surface area contributed by atoms with Crippen molar-refractivity contribution in [1.29, 1.82) is 0 Å². The number of rotatable bonds is 8. The van der Waals surface area contributed by atoms with Crippen molar-refractivity contribution in [2.24, 2.45) is 11.8 Å². The van der Waals surface area contributed by atoms with E-state index in [1.165, 1.54) is 0 Å². The van der Waals surface area contributed by atoms with Crippen LogP contribution in [0.2, 0.25) is 0 Å². The Balaban J connectivity index is 1.72. The van der Waals surface area contributed by atoms with Crippen LogP contribution in [0.1, 0.15) is 82.4 Å². The van der Waals surface area contributed by atoms with Crippen LogP contribution in [0.4, 0.5) is 0 Å². The highest BCUT2D eigenvalue weighted by Gasteiger charge is 2.67. The Kier molecular flexibility index (Phi) is 6.61. The smallest absolute Gasteiger partial charge is 0.146 e. The van der Waals surface area contributed by atoms with Crippen molar-refractivity contribution >= 4 is 11.0 Å². The predicted molar refractivity (Wildman–Crippen MR) is 123 cm³/mol. The van der Waals surface area contributed by atoms with Gasteiger partial charge in [-0.1, -0.05) is 34.1 Å². The lowest BCUT2D eigenvalue weighted by Gasteiger charge is -2.39. The third-order valence-corrected chi connectivity index (χ3v) is 7.65. The Morgan fingerprint density at radius 2 is 1.84 bits per heavy atom. The maximum Gasteiger partial charge on any atom is 0.146 e. The molecule has 2 aliphatic rings. The van der Waals surface area contributed by atoms with Gasteiger partial charge in [-0.2, -0.15) is 0 Å². The number of benzene rings is 1. The number of ether oxygens (including phenoxy) is 1.